The summed E-state index contributed by atoms with van der Waals surface area (Å²) >= 11 is 0. The monoisotopic (exact) mass is 318 g/mol. The van der Waals surface area contributed by atoms with Crippen molar-refractivity contribution in [1.82, 2.24) is 0 Å². The maximum atomic E-state index is 7.45. The molecule has 1 unspecified atom stereocenters. The van der Waals surface area contributed by atoms with E-state index in [1.807, 2.05) is 48.5 Å². The van der Waals surface area contributed by atoms with Crippen LogP contribution in [0.2, 0.25) is 0 Å². The maximum Gasteiger partial charge on any atom is 0.265 e. The third-order valence-electron chi connectivity index (χ3n) is 3.64. The fourth-order valence-corrected chi connectivity index (χ4v) is 2.28. The van der Waals surface area contributed by atoms with Crippen molar-refractivity contribution in [2.45, 2.75) is 12.5 Å². The summed E-state index contributed by atoms with van der Waals surface area (Å²) in [6, 6.07) is 14.5. The molecule has 0 saturated heterocycles. The molecule has 4 nitrogen and oxygen atoms in total. The van der Waals surface area contributed by atoms with Crippen LogP contribution in [0.5, 0.6) is 11.5 Å². The van der Waals surface area contributed by atoms with Gasteiger partial charge in [0.15, 0.2) is 0 Å². The smallest absolute Gasteiger partial charge is 0.265 e. The number of nitrogens with zero attached hydrogens (tertiary/aromatic N) is 2. The Hall–Kier alpha value is -3.24. The summed E-state index contributed by atoms with van der Waals surface area (Å²) in [6.07, 6.45) is 2.26. The van der Waals surface area contributed by atoms with Crippen molar-refractivity contribution in [2.24, 2.45) is 0 Å². The van der Waals surface area contributed by atoms with Crippen molar-refractivity contribution >= 4 is 6.08 Å². The Labute approximate surface area is 142 Å². The molecule has 0 bridgehead atoms. The van der Waals surface area contributed by atoms with Gasteiger partial charge in [-0.05, 0) is 41.5 Å². The first-order valence-electron chi connectivity index (χ1n) is 7.42. The van der Waals surface area contributed by atoms with Crippen LogP contribution in [0.1, 0.15) is 11.1 Å². The Kier molecular flexibility index (Phi) is 6.00. The van der Waals surface area contributed by atoms with Gasteiger partial charge < -0.3 is 14.3 Å². The van der Waals surface area contributed by atoms with Gasteiger partial charge >= 0.3 is 0 Å². The van der Waals surface area contributed by atoms with Crippen molar-refractivity contribution < 1.29 is 9.47 Å². The van der Waals surface area contributed by atoms with Crippen LogP contribution in [0.25, 0.3) is 15.8 Å². The van der Waals surface area contributed by atoms with Crippen molar-refractivity contribution in [3.05, 3.63) is 88.2 Å². The van der Waals surface area contributed by atoms with E-state index in [0.29, 0.717) is 12.1 Å². The van der Waals surface area contributed by atoms with Crippen LogP contribution in [-0.2, 0) is 6.42 Å². The molecule has 0 saturated carbocycles. The molecule has 24 heavy (non-hydrogen) atoms. The molecule has 0 aromatic heterocycles. The number of methoxy groups -OCH3 is 2. The molecule has 120 valence electrons. The Morgan fingerprint density at radius 2 is 1.50 bits per heavy atom. The largest absolute Gasteiger partial charge is 0.497 e. The lowest BCUT2D eigenvalue weighted by atomic mass is 10.0. The van der Waals surface area contributed by atoms with Crippen molar-refractivity contribution in [1.29, 1.82) is 0 Å². The second-order valence-electron chi connectivity index (χ2n) is 5.15. The minimum atomic E-state index is -0.502. The van der Waals surface area contributed by atoms with E-state index in [1.165, 1.54) is 0 Å². The van der Waals surface area contributed by atoms with E-state index >= 15 is 0 Å². The average molecular weight is 318 g/mol. The first-order valence-corrected chi connectivity index (χ1v) is 7.42. The van der Waals surface area contributed by atoms with Crippen LogP contribution in [0.3, 0.4) is 0 Å². The van der Waals surface area contributed by atoms with Gasteiger partial charge in [-0.3, -0.25) is 0 Å². The van der Waals surface area contributed by atoms with Crippen molar-refractivity contribution in [2.75, 3.05) is 14.2 Å². The highest BCUT2D eigenvalue weighted by Gasteiger charge is 2.21. The fourth-order valence-electron chi connectivity index (χ4n) is 2.28. The molecule has 0 aliphatic rings. The Bertz CT molecular complexity index is 778. The number of ether oxygens (including phenoxy) is 2. The average Bonchev–Trinajstić information content (AvgIpc) is 2.65. The number of rotatable bonds is 6. The van der Waals surface area contributed by atoms with E-state index in [4.69, 9.17) is 22.6 Å². The molecule has 0 aliphatic carbocycles. The molecule has 0 heterocycles. The van der Waals surface area contributed by atoms with Crippen molar-refractivity contribution in [3.8, 4) is 11.5 Å². The first-order chi connectivity index (χ1) is 11.7. The zero-order chi connectivity index (χ0) is 17.4. The maximum absolute atomic E-state index is 7.45. The summed E-state index contributed by atoms with van der Waals surface area (Å²) in [5, 5.41) is 0. The molecule has 0 fully saturated rings. The zero-order valence-electron chi connectivity index (χ0n) is 13.7. The van der Waals surface area contributed by atoms with Gasteiger partial charge in [-0.1, -0.05) is 24.3 Å². The Balaban J connectivity index is 2.20. The van der Waals surface area contributed by atoms with E-state index in [1.54, 1.807) is 20.3 Å². The van der Waals surface area contributed by atoms with Crippen LogP contribution in [0.15, 0.2) is 54.2 Å². The molecular weight excluding hydrogens is 300 g/mol. The second kappa shape index (κ2) is 8.41. The molecule has 2 aromatic rings. The van der Waals surface area contributed by atoms with E-state index < -0.39 is 6.04 Å². The first kappa shape index (κ1) is 17.1. The summed E-state index contributed by atoms with van der Waals surface area (Å²) in [5.74, 6) is 1.54. The van der Waals surface area contributed by atoms with E-state index in [-0.39, 0.29) is 0 Å². The summed E-state index contributed by atoms with van der Waals surface area (Å²) in [4.78, 5) is 7.21. The molecule has 2 rings (SSSR count). The molecule has 0 spiro atoms. The highest BCUT2D eigenvalue weighted by molar-refractivity contribution is 5.57. The number of hydrogen-bond donors (Lipinski definition) is 0. The molecule has 2 aromatic carbocycles. The summed E-state index contributed by atoms with van der Waals surface area (Å²) in [7, 11) is 3.23. The summed E-state index contributed by atoms with van der Waals surface area (Å²) < 4.78 is 10.3. The van der Waals surface area contributed by atoms with Gasteiger partial charge in [0.05, 0.1) is 20.8 Å². The lowest BCUT2D eigenvalue weighted by Crippen LogP contribution is -2.08. The van der Waals surface area contributed by atoms with E-state index in [2.05, 4.69) is 9.69 Å². The third-order valence-corrected chi connectivity index (χ3v) is 3.64. The minimum absolute atomic E-state index is 0.436. The molecule has 1 atom stereocenters. The predicted octanol–water partition coefficient (Wildman–Crippen LogP) is 4.49. The lowest BCUT2D eigenvalue weighted by Gasteiger charge is -2.06. The molecule has 0 amide bonds. The van der Waals surface area contributed by atoms with Gasteiger partial charge in [0.2, 0.25) is 5.70 Å². The zero-order valence-corrected chi connectivity index (χ0v) is 13.7. The normalized spacial score (nSPS) is 11.9. The Morgan fingerprint density at radius 1 is 0.958 bits per heavy atom. The van der Waals surface area contributed by atoms with Gasteiger partial charge in [0, 0.05) is 6.42 Å². The third kappa shape index (κ3) is 4.38. The van der Waals surface area contributed by atoms with Crippen LogP contribution < -0.4 is 9.47 Å². The van der Waals surface area contributed by atoms with Gasteiger partial charge in [-0.25, -0.2) is 11.4 Å². The van der Waals surface area contributed by atoms with E-state index in [9.17, 15) is 0 Å². The van der Waals surface area contributed by atoms with Gasteiger partial charge in [0.25, 0.3) is 6.04 Å². The quantitative estimate of drug-likeness (QED) is 0.734. The van der Waals surface area contributed by atoms with Crippen molar-refractivity contribution in [3.63, 3.8) is 0 Å². The molecule has 0 radical (unpaired) electrons. The second-order valence-corrected chi connectivity index (χ2v) is 5.15. The summed E-state index contributed by atoms with van der Waals surface area (Å²) in [5.41, 5.74) is 2.32. The van der Waals surface area contributed by atoms with Gasteiger partial charge in [-0.2, -0.15) is 0 Å². The van der Waals surface area contributed by atoms with Gasteiger partial charge in [0.1, 0.15) is 11.5 Å². The fraction of sp³-hybridized carbons (Fsp3) is 0.200. The topological polar surface area (TPSA) is 27.2 Å². The SMILES string of the molecule is [C-]#[N+]/C(=C\c1ccc(OC)cc1)C(Cc1ccc(OC)cc1)[N+]#[C-]. The highest BCUT2D eigenvalue weighted by Crippen LogP contribution is 2.21. The standard InChI is InChI=1S/C20H18N2O2/c1-21-19(13-15-5-9-17(23-3)10-6-15)20(22-2)14-16-7-11-18(24-4)12-8-16/h5-13,20H,14H2,3-4H3/b19-13-. The molecule has 0 aliphatic heterocycles. The van der Waals surface area contributed by atoms with Gasteiger partial charge in [-0.15, -0.1) is 0 Å². The van der Waals surface area contributed by atoms with E-state index in [0.717, 1.165) is 22.6 Å². The lowest BCUT2D eigenvalue weighted by molar-refractivity contribution is 0.414. The van der Waals surface area contributed by atoms with Crippen LogP contribution >= 0.6 is 0 Å². The highest BCUT2D eigenvalue weighted by atomic mass is 16.5. The minimum Gasteiger partial charge on any atom is -0.497 e. The number of hydrogen-bond acceptors (Lipinski definition) is 2. The van der Waals surface area contributed by atoms with Crippen LogP contribution in [-0.4, -0.2) is 20.3 Å². The predicted molar refractivity (Wildman–Crippen MR) is 94.7 cm³/mol. The van der Waals surface area contributed by atoms with Crippen LogP contribution in [0.4, 0.5) is 0 Å². The van der Waals surface area contributed by atoms with Crippen LogP contribution in [0, 0.1) is 13.1 Å². The molecule has 4 heteroatoms. The number of benzene rings is 2. The summed E-state index contributed by atoms with van der Waals surface area (Å²) in [6.45, 7) is 14.9. The molecule has 0 N–H and O–H groups in total. The Morgan fingerprint density at radius 3 is 1.96 bits per heavy atom. The molecular formula is C20H18N2O2.